The van der Waals surface area contributed by atoms with Gasteiger partial charge in [0.15, 0.2) is 19.7 Å². The fourth-order valence-electron chi connectivity index (χ4n) is 16.2. The molecule has 0 bridgehead atoms. The zero-order chi connectivity index (χ0) is 77.3. The quantitative estimate of drug-likeness (QED) is 0.168. The average Bonchev–Trinajstić information content (AvgIpc) is 1.80. The first-order valence-electron chi connectivity index (χ1n) is 40.1. The second kappa shape index (κ2) is 41.7. The summed E-state index contributed by atoms with van der Waals surface area (Å²) >= 11 is 0. The van der Waals surface area contributed by atoms with E-state index in [9.17, 15) is 40.4 Å². The first kappa shape index (κ1) is 88.9. The second-order valence-corrected chi connectivity index (χ2v) is 40.3. The van der Waals surface area contributed by atoms with Crippen LogP contribution in [0.15, 0.2) is 89.8 Å². The monoisotopic (exact) mass is 1500 g/mol. The van der Waals surface area contributed by atoms with Gasteiger partial charge in [0.1, 0.15) is 17.3 Å². The third-order valence-corrected chi connectivity index (χ3v) is 25.8. The van der Waals surface area contributed by atoms with Crippen LogP contribution in [0.3, 0.4) is 0 Å². The third kappa shape index (κ3) is 31.5. The molecule has 0 unspecified atom stereocenters. The van der Waals surface area contributed by atoms with Crippen LogP contribution < -0.4 is 4.90 Å². The number of benzene rings is 3. The molecule has 8 heterocycles. The first-order chi connectivity index (χ1) is 49.2. The Labute approximate surface area is 636 Å². The largest absolute Gasteiger partial charge is 0.379 e. The minimum atomic E-state index is -3.52. The number of likely N-dealkylation sites (N-methyl/N-ethyl adjacent to an activating group) is 1. The predicted molar refractivity (Wildman–Crippen MR) is 428 cm³/mol. The lowest BCUT2D eigenvalue weighted by atomic mass is 9.75. The van der Waals surface area contributed by atoms with Gasteiger partial charge >= 0.3 is 0 Å². The van der Waals surface area contributed by atoms with E-state index in [1.165, 1.54) is 94.8 Å². The SMILES string of the molecule is CC(C)(C)C1CCN(C(=O)CN2CCOCC2)CC1.CC(C)(C)C1CCN(CCc2ccccc2)CC1.CC(C)(C)C1CCN(c2cccc(F)c2)CC1.CN1CCC[C@H]1C(=O)N1CCC(C(C)(C)C)CC1.C[C@@H]1CCCN(C(=O)CS(=O)(=O)c2ccccc2)C1.C[C@@H]1CCCN(C(=O)CS(C)(=O)=O)C1. The van der Waals surface area contributed by atoms with Crippen LogP contribution in [-0.4, -0.2) is 230 Å². The first-order valence-corrected chi connectivity index (χ1v) is 43.8. The van der Waals surface area contributed by atoms with Crippen LogP contribution in [0.5, 0.6) is 0 Å². The number of carbonyl (C=O) groups is 4. The minimum absolute atomic E-state index is 0.138. The molecular formula is C85H141FN8O9S2. The lowest BCUT2D eigenvalue weighted by molar-refractivity contribution is -0.137. The van der Waals surface area contributed by atoms with Gasteiger partial charge in [0.2, 0.25) is 23.6 Å². The van der Waals surface area contributed by atoms with Crippen LogP contribution >= 0.6 is 0 Å². The van der Waals surface area contributed by atoms with Crippen molar-refractivity contribution in [1.29, 1.82) is 0 Å². The van der Waals surface area contributed by atoms with Crippen molar-refractivity contribution >= 4 is 49.0 Å². The van der Waals surface area contributed by atoms with Gasteiger partial charge in [-0.2, -0.15) is 0 Å². The standard InChI is InChI=1S/C17H27N.C15H22FN.C15H28N2O2.C15H28N2O.C14H19NO3S.C9H17NO3S/c1-17(2,3)16-10-13-18(14-11-16)12-9-15-7-5-4-6-8-15;1-15(2,3)12-7-9-17(10-8-12)14-6-4-5-13(16)11-14;1-15(2,3)13-4-6-17(7-5-13)14(18)12-16-8-10-19-11-9-16;1-15(2,3)12-7-10-17(11-8-12)14(18)13-6-5-9-16(13)4;1-12-6-5-9-15(10-12)14(16)11-19(17,18)13-7-3-2-4-8-13;1-8-4-3-5-10(6-8)9(11)7-14(2,12)13/h4-8,16H,9-14H2,1-3H3;4-6,11-12H,7-10H2,1-3H3;13H,4-12H2,1-3H3;12-13H,5-11H2,1-4H3;2-4,7-8,12H,5-6,9-11H2,1H3;8H,3-7H2,1-2H3/t;;;13-;12-;8-/m...011/s1. The van der Waals surface area contributed by atoms with Gasteiger partial charge in [-0.3, -0.25) is 29.0 Å². The molecule has 105 heavy (non-hydrogen) atoms. The smallest absolute Gasteiger partial charge is 0.239 e. The summed E-state index contributed by atoms with van der Waals surface area (Å²) in [5.74, 6) is 3.39. The molecule has 11 rings (SSSR count). The molecule has 0 saturated carbocycles. The number of morpholine rings is 1. The second-order valence-electron chi connectivity index (χ2n) is 36.2. The van der Waals surface area contributed by atoms with Crippen LogP contribution in [0.4, 0.5) is 10.1 Å². The Kier molecular flexibility index (Phi) is 35.3. The summed E-state index contributed by atoms with van der Waals surface area (Å²) in [6.07, 6.45) is 18.5. The number of piperidine rings is 6. The summed E-state index contributed by atoms with van der Waals surface area (Å²) in [6, 6.07) is 26.1. The molecule has 0 spiro atoms. The van der Waals surface area contributed by atoms with Crippen molar-refractivity contribution in [2.75, 3.05) is 154 Å². The number of rotatable bonds is 12. The number of amides is 4. The Hall–Kier alpha value is -4.99. The number of halogens is 1. The Morgan fingerprint density at radius 1 is 0.467 bits per heavy atom. The summed E-state index contributed by atoms with van der Waals surface area (Å²) in [5, 5.41) is 0. The minimum Gasteiger partial charge on any atom is -0.379 e. The van der Waals surface area contributed by atoms with Crippen LogP contribution in [0.2, 0.25) is 0 Å². The van der Waals surface area contributed by atoms with Crippen molar-refractivity contribution in [2.24, 2.45) is 57.2 Å². The van der Waals surface area contributed by atoms with Crippen molar-refractivity contribution in [3.05, 3.63) is 96.3 Å². The summed E-state index contributed by atoms with van der Waals surface area (Å²) < 4.78 is 64.5. The highest BCUT2D eigenvalue weighted by molar-refractivity contribution is 7.92. The maximum absolute atomic E-state index is 13.2. The number of hydrogen-bond donors (Lipinski definition) is 0. The van der Waals surface area contributed by atoms with Gasteiger partial charge in [0, 0.05) is 97.0 Å². The van der Waals surface area contributed by atoms with Crippen molar-refractivity contribution in [1.82, 2.24) is 34.3 Å². The van der Waals surface area contributed by atoms with Gasteiger partial charge in [-0.15, -0.1) is 0 Å². The molecule has 4 amide bonds. The molecule has 3 aromatic carbocycles. The van der Waals surface area contributed by atoms with E-state index in [1.54, 1.807) is 40.1 Å². The molecule has 20 heteroatoms. The highest BCUT2D eigenvalue weighted by Gasteiger charge is 2.37. The molecule has 0 radical (unpaired) electrons. The van der Waals surface area contributed by atoms with Gasteiger partial charge in [0.25, 0.3) is 0 Å². The van der Waals surface area contributed by atoms with E-state index < -0.39 is 25.4 Å². The zero-order valence-corrected chi connectivity index (χ0v) is 69.7. The van der Waals surface area contributed by atoms with Crippen molar-refractivity contribution < 1.29 is 45.1 Å². The molecule has 0 N–H and O–H groups in total. The van der Waals surface area contributed by atoms with E-state index in [1.807, 2.05) is 6.07 Å². The lowest BCUT2D eigenvalue weighted by Crippen LogP contribution is -2.48. The number of sulfone groups is 2. The van der Waals surface area contributed by atoms with Gasteiger partial charge in [0.05, 0.1) is 30.7 Å². The van der Waals surface area contributed by atoms with E-state index in [4.69, 9.17) is 4.74 Å². The van der Waals surface area contributed by atoms with Crippen LogP contribution in [0.25, 0.3) is 0 Å². The molecule has 8 fully saturated rings. The predicted octanol–water partition coefficient (Wildman–Crippen LogP) is 14.1. The van der Waals surface area contributed by atoms with Crippen molar-refractivity contribution in [3.63, 3.8) is 0 Å². The number of likely N-dealkylation sites (tertiary alicyclic amines) is 6. The highest BCUT2D eigenvalue weighted by atomic mass is 32.2. The van der Waals surface area contributed by atoms with Crippen molar-refractivity contribution in [3.8, 4) is 0 Å². The number of nitrogens with zero attached hydrogens (tertiary/aromatic N) is 8. The molecule has 0 aliphatic carbocycles. The maximum atomic E-state index is 13.2. The third-order valence-electron chi connectivity index (χ3n) is 23.5. The Morgan fingerprint density at radius 2 is 0.905 bits per heavy atom. The van der Waals surface area contributed by atoms with Gasteiger partial charge < -0.3 is 34.1 Å². The average molecular weight is 1500 g/mol. The molecule has 3 aromatic rings. The topological polar surface area (TPSA) is 172 Å². The Balaban J connectivity index is 0.000000198. The number of carbonyl (C=O) groups excluding carboxylic acids is 4. The zero-order valence-electron chi connectivity index (χ0n) is 68.0. The number of anilines is 1. The van der Waals surface area contributed by atoms with E-state index in [-0.39, 0.29) is 34.3 Å². The molecule has 0 aromatic heterocycles. The summed E-state index contributed by atoms with van der Waals surface area (Å²) in [4.78, 5) is 65.4. The van der Waals surface area contributed by atoms with Crippen LogP contribution in [-0.2, 0) is 50.0 Å². The summed E-state index contributed by atoms with van der Waals surface area (Å²) in [6.45, 7) is 49.6. The van der Waals surface area contributed by atoms with E-state index >= 15 is 0 Å². The van der Waals surface area contributed by atoms with Gasteiger partial charge in [-0.25, -0.2) is 21.2 Å². The van der Waals surface area contributed by atoms with Gasteiger partial charge in [-0.1, -0.05) is 152 Å². The number of hydrogen-bond acceptors (Lipinski definition) is 13. The molecule has 3 atom stereocenters. The van der Waals surface area contributed by atoms with Crippen molar-refractivity contribution in [2.45, 2.75) is 204 Å². The normalized spacial score (nSPS) is 22.1. The maximum Gasteiger partial charge on any atom is 0.239 e. The summed E-state index contributed by atoms with van der Waals surface area (Å²) in [7, 11) is -4.62. The molecule has 17 nitrogen and oxygen atoms in total. The Morgan fingerprint density at radius 3 is 1.34 bits per heavy atom. The van der Waals surface area contributed by atoms with E-state index in [0.29, 0.717) is 78.0 Å². The molecule has 8 saturated heterocycles. The van der Waals surface area contributed by atoms with E-state index in [0.717, 1.165) is 153 Å². The molecular weight excluding hydrogens is 1360 g/mol. The lowest BCUT2D eigenvalue weighted by Gasteiger charge is -2.40. The number of ether oxygens (including phenoxy) is 1. The fourth-order valence-corrected chi connectivity index (χ4v) is 18.1. The van der Waals surface area contributed by atoms with Crippen LogP contribution in [0, 0.1) is 63.0 Å². The molecule has 8 aliphatic rings. The highest BCUT2D eigenvalue weighted by Crippen LogP contribution is 2.38. The Bertz CT molecular complexity index is 3300. The van der Waals surface area contributed by atoms with E-state index in [2.05, 4.69) is 164 Å². The summed E-state index contributed by atoms with van der Waals surface area (Å²) in [5.41, 5.74) is 4.14. The fraction of sp³-hybridized carbons (Fsp3) is 0.741. The molecule has 8 aliphatic heterocycles. The van der Waals surface area contributed by atoms with Gasteiger partial charge in [-0.05, 0) is 216 Å². The molecule has 594 valence electrons. The van der Waals surface area contributed by atoms with Crippen LogP contribution in [0.1, 0.15) is 192 Å².